The standard InChI is InChI=1S/C14H21NO2/c1-4-9-15(10-11-17-3)14-8-6-5-7-13(14)12(2)16/h4-8,12,16H,1,9-11H2,2-3H3/t12-/m1/s1. The average Bonchev–Trinajstić information content (AvgIpc) is 2.34. The summed E-state index contributed by atoms with van der Waals surface area (Å²) >= 11 is 0. The molecule has 0 heterocycles. The van der Waals surface area contributed by atoms with Crippen molar-refractivity contribution in [2.45, 2.75) is 13.0 Å². The Morgan fingerprint density at radius 1 is 1.47 bits per heavy atom. The molecule has 0 fully saturated rings. The summed E-state index contributed by atoms with van der Waals surface area (Å²) < 4.78 is 5.10. The lowest BCUT2D eigenvalue weighted by Gasteiger charge is -2.26. The van der Waals surface area contributed by atoms with Crippen LogP contribution in [0.4, 0.5) is 5.69 Å². The van der Waals surface area contributed by atoms with Gasteiger partial charge in [0.25, 0.3) is 0 Å². The number of aliphatic hydroxyl groups is 1. The van der Waals surface area contributed by atoms with Gasteiger partial charge in [0.2, 0.25) is 0 Å². The fraction of sp³-hybridized carbons (Fsp3) is 0.429. The fourth-order valence-corrected chi connectivity index (χ4v) is 1.80. The minimum absolute atomic E-state index is 0.471. The van der Waals surface area contributed by atoms with E-state index in [4.69, 9.17) is 4.74 Å². The largest absolute Gasteiger partial charge is 0.389 e. The highest BCUT2D eigenvalue weighted by Crippen LogP contribution is 2.25. The van der Waals surface area contributed by atoms with E-state index in [0.717, 1.165) is 24.3 Å². The van der Waals surface area contributed by atoms with Gasteiger partial charge in [-0.2, -0.15) is 0 Å². The van der Waals surface area contributed by atoms with Crippen molar-refractivity contribution in [3.63, 3.8) is 0 Å². The van der Waals surface area contributed by atoms with E-state index < -0.39 is 6.10 Å². The predicted molar refractivity (Wildman–Crippen MR) is 71.4 cm³/mol. The van der Waals surface area contributed by atoms with Crippen molar-refractivity contribution in [1.82, 2.24) is 0 Å². The third kappa shape index (κ3) is 3.88. The Morgan fingerprint density at radius 2 is 2.18 bits per heavy atom. The number of hydrogen-bond acceptors (Lipinski definition) is 3. The van der Waals surface area contributed by atoms with Crippen LogP contribution in [0.2, 0.25) is 0 Å². The summed E-state index contributed by atoms with van der Waals surface area (Å²) in [7, 11) is 1.69. The highest BCUT2D eigenvalue weighted by atomic mass is 16.5. The van der Waals surface area contributed by atoms with Gasteiger partial charge in [-0.05, 0) is 13.0 Å². The quantitative estimate of drug-likeness (QED) is 0.736. The summed E-state index contributed by atoms with van der Waals surface area (Å²) in [6, 6.07) is 7.88. The zero-order valence-electron chi connectivity index (χ0n) is 10.6. The van der Waals surface area contributed by atoms with Crippen LogP contribution in [0.15, 0.2) is 36.9 Å². The average molecular weight is 235 g/mol. The van der Waals surface area contributed by atoms with Crippen LogP contribution in [0.5, 0.6) is 0 Å². The van der Waals surface area contributed by atoms with E-state index in [1.54, 1.807) is 14.0 Å². The van der Waals surface area contributed by atoms with Gasteiger partial charge >= 0.3 is 0 Å². The summed E-state index contributed by atoms with van der Waals surface area (Å²) in [5, 5.41) is 9.76. The molecule has 1 rings (SSSR count). The molecule has 17 heavy (non-hydrogen) atoms. The van der Waals surface area contributed by atoms with Gasteiger partial charge < -0.3 is 14.7 Å². The molecule has 3 heteroatoms. The Morgan fingerprint density at radius 3 is 2.76 bits per heavy atom. The first kappa shape index (κ1) is 13.7. The van der Waals surface area contributed by atoms with Crippen molar-refractivity contribution in [1.29, 1.82) is 0 Å². The van der Waals surface area contributed by atoms with Crippen LogP contribution in [0.3, 0.4) is 0 Å². The predicted octanol–water partition coefficient (Wildman–Crippen LogP) is 2.38. The summed E-state index contributed by atoms with van der Waals surface area (Å²) in [5.41, 5.74) is 1.98. The molecule has 0 amide bonds. The van der Waals surface area contributed by atoms with Crippen LogP contribution in [0.1, 0.15) is 18.6 Å². The van der Waals surface area contributed by atoms with Crippen molar-refractivity contribution in [3.05, 3.63) is 42.5 Å². The second-order valence-electron chi connectivity index (χ2n) is 3.96. The second-order valence-corrected chi connectivity index (χ2v) is 3.96. The van der Waals surface area contributed by atoms with Crippen LogP contribution < -0.4 is 4.90 Å². The number of methoxy groups -OCH3 is 1. The van der Waals surface area contributed by atoms with Gasteiger partial charge in [-0.1, -0.05) is 24.3 Å². The molecule has 1 aromatic rings. The summed E-state index contributed by atoms with van der Waals surface area (Å²) in [6.45, 7) is 7.72. The van der Waals surface area contributed by atoms with Gasteiger partial charge in [-0.15, -0.1) is 6.58 Å². The molecular formula is C14H21NO2. The lowest BCUT2D eigenvalue weighted by atomic mass is 10.1. The molecule has 0 aliphatic rings. The van der Waals surface area contributed by atoms with E-state index in [1.807, 2.05) is 30.3 Å². The Balaban J connectivity index is 2.95. The van der Waals surface area contributed by atoms with Crippen molar-refractivity contribution in [2.75, 3.05) is 31.7 Å². The molecule has 1 atom stereocenters. The van der Waals surface area contributed by atoms with E-state index in [0.29, 0.717) is 6.61 Å². The molecule has 1 N–H and O–H groups in total. The van der Waals surface area contributed by atoms with Crippen LogP contribution >= 0.6 is 0 Å². The van der Waals surface area contributed by atoms with E-state index in [2.05, 4.69) is 11.5 Å². The second kappa shape index (κ2) is 7.09. The number of nitrogens with zero attached hydrogens (tertiary/aromatic N) is 1. The fourth-order valence-electron chi connectivity index (χ4n) is 1.80. The maximum atomic E-state index is 9.76. The van der Waals surface area contributed by atoms with Crippen LogP contribution in [0.25, 0.3) is 0 Å². The maximum Gasteiger partial charge on any atom is 0.0781 e. The minimum Gasteiger partial charge on any atom is -0.389 e. The molecule has 0 saturated carbocycles. The first-order valence-electron chi connectivity index (χ1n) is 5.82. The molecular weight excluding hydrogens is 214 g/mol. The third-order valence-electron chi connectivity index (χ3n) is 2.64. The molecule has 0 aromatic heterocycles. The number of hydrogen-bond donors (Lipinski definition) is 1. The van der Waals surface area contributed by atoms with E-state index in [-0.39, 0.29) is 0 Å². The van der Waals surface area contributed by atoms with Crippen molar-refractivity contribution < 1.29 is 9.84 Å². The van der Waals surface area contributed by atoms with E-state index in [1.165, 1.54) is 0 Å². The lowest BCUT2D eigenvalue weighted by Crippen LogP contribution is -2.28. The number of ether oxygens (including phenoxy) is 1. The molecule has 1 aromatic carbocycles. The molecule has 94 valence electrons. The maximum absolute atomic E-state index is 9.76. The highest BCUT2D eigenvalue weighted by molar-refractivity contribution is 5.55. The Bertz CT molecular complexity index is 350. The van der Waals surface area contributed by atoms with Crippen LogP contribution in [-0.2, 0) is 4.74 Å². The molecule has 0 aliphatic heterocycles. The molecule has 0 radical (unpaired) electrons. The van der Waals surface area contributed by atoms with Crippen molar-refractivity contribution in [3.8, 4) is 0 Å². The molecule has 0 unspecified atom stereocenters. The van der Waals surface area contributed by atoms with Gasteiger partial charge in [0.05, 0.1) is 12.7 Å². The molecule has 0 spiro atoms. The number of benzene rings is 1. The van der Waals surface area contributed by atoms with Crippen molar-refractivity contribution in [2.24, 2.45) is 0 Å². The SMILES string of the molecule is C=CCN(CCOC)c1ccccc1[C@@H](C)O. The number of aliphatic hydroxyl groups excluding tert-OH is 1. The Kier molecular flexibility index (Phi) is 5.73. The van der Waals surface area contributed by atoms with E-state index in [9.17, 15) is 5.11 Å². The van der Waals surface area contributed by atoms with Crippen molar-refractivity contribution >= 4 is 5.69 Å². The zero-order valence-corrected chi connectivity index (χ0v) is 10.6. The Labute approximate surface area is 103 Å². The van der Waals surface area contributed by atoms with Gasteiger partial charge in [0, 0.05) is 31.5 Å². The summed E-state index contributed by atoms with van der Waals surface area (Å²) in [4.78, 5) is 2.15. The topological polar surface area (TPSA) is 32.7 Å². The van der Waals surface area contributed by atoms with Gasteiger partial charge in [-0.3, -0.25) is 0 Å². The highest BCUT2D eigenvalue weighted by Gasteiger charge is 2.12. The summed E-state index contributed by atoms with van der Waals surface area (Å²) in [6.07, 6.45) is 1.38. The normalized spacial score (nSPS) is 12.2. The monoisotopic (exact) mass is 235 g/mol. The van der Waals surface area contributed by atoms with E-state index >= 15 is 0 Å². The summed E-state index contributed by atoms with van der Waals surface area (Å²) in [5.74, 6) is 0. The first-order chi connectivity index (χ1) is 8.20. The number of para-hydroxylation sites is 1. The van der Waals surface area contributed by atoms with Gasteiger partial charge in [0.1, 0.15) is 0 Å². The van der Waals surface area contributed by atoms with Crippen LogP contribution in [0, 0.1) is 0 Å². The van der Waals surface area contributed by atoms with Gasteiger partial charge in [-0.25, -0.2) is 0 Å². The molecule has 0 saturated heterocycles. The molecule has 0 aliphatic carbocycles. The minimum atomic E-state index is -0.471. The van der Waals surface area contributed by atoms with Crippen LogP contribution in [-0.4, -0.2) is 31.9 Å². The third-order valence-corrected chi connectivity index (χ3v) is 2.64. The van der Waals surface area contributed by atoms with Gasteiger partial charge in [0.15, 0.2) is 0 Å². The number of rotatable bonds is 7. The lowest BCUT2D eigenvalue weighted by molar-refractivity contribution is 0.197. The zero-order chi connectivity index (χ0) is 12.7. The number of anilines is 1. The Hall–Kier alpha value is -1.32. The molecule has 0 bridgehead atoms. The molecule has 3 nitrogen and oxygen atoms in total. The smallest absolute Gasteiger partial charge is 0.0781 e. The first-order valence-corrected chi connectivity index (χ1v) is 5.82.